The molecule has 0 aliphatic heterocycles. The predicted octanol–water partition coefficient (Wildman–Crippen LogP) is 1.66. The van der Waals surface area contributed by atoms with Crippen LogP contribution in [0.4, 0.5) is 0 Å². The molecule has 0 saturated carbocycles. The molecule has 2 rings (SSSR count). The van der Waals surface area contributed by atoms with Gasteiger partial charge in [-0.25, -0.2) is 9.36 Å². The predicted molar refractivity (Wildman–Crippen MR) is 60.7 cm³/mol. The number of nitrogens with zero attached hydrogens (tertiary/aromatic N) is 1. The van der Waals surface area contributed by atoms with Crippen molar-refractivity contribution in [3.8, 4) is 11.3 Å². The maximum Gasteiger partial charge on any atom is 0.422 e. The van der Waals surface area contributed by atoms with E-state index in [-0.39, 0.29) is 5.76 Å². The Morgan fingerprint density at radius 3 is 2.38 bits per heavy atom. The number of rotatable bonds is 1. The van der Waals surface area contributed by atoms with Gasteiger partial charge in [-0.2, -0.15) is 0 Å². The molecule has 0 aliphatic rings. The highest BCUT2D eigenvalue weighted by Crippen LogP contribution is 2.18. The lowest BCUT2D eigenvalue weighted by molar-refractivity contribution is 0.455. The normalized spacial score (nSPS) is 10.4. The van der Waals surface area contributed by atoms with Crippen LogP contribution in [0.2, 0.25) is 5.02 Å². The fourth-order valence-electron chi connectivity index (χ4n) is 1.25. The van der Waals surface area contributed by atoms with E-state index in [9.17, 15) is 9.59 Å². The fraction of sp³-hybridized carbons (Fsp3) is 0.0909. The van der Waals surface area contributed by atoms with Crippen LogP contribution in [0.25, 0.3) is 11.3 Å². The Bertz CT molecular complexity index is 594. The van der Waals surface area contributed by atoms with Gasteiger partial charge in [-0.1, -0.05) is 11.6 Å². The van der Waals surface area contributed by atoms with Crippen molar-refractivity contribution in [3.05, 3.63) is 56.3 Å². The van der Waals surface area contributed by atoms with Crippen LogP contribution >= 0.6 is 11.6 Å². The van der Waals surface area contributed by atoms with Crippen molar-refractivity contribution in [1.82, 2.24) is 4.57 Å². The Morgan fingerprint density at radius 1 is 1.19 bits per heavy atom. The van der Waals surface area contributed by atoms with Crippen LogP contribution in [0.15, 0.2) is 44.3 Å². The molecule has 0 aliphatic carbocycles. The van der Waals surface area contributed by atoms with Gasteiger partial charge in [0.25, 0.3) is 5.56 Å². The van der Waals surface area contributed by atoms with Gasteiger partial charge in [0.05, 0.1) is 0 Å². The molecule has 0 unspecified atom stereocenters. The van der Waals surface area contributed by atoms with E-state index in [4.69, 9.17) is 16.0 Å². The summed E-state index contributed by atoms with van der Waals surface area (Å²) < 4.78 is 5.88. The van der Waals surface area contributed by atoms with Crippen LogP contribution < -0.4 is 11.3 Å². The zero-order valence-electron chi connectivity index (χ0n) is 8.44. The van der Waals surface area contributed by atoms with E-state index < -0.39 is 11.3 Å². The zero-order valence-corrected chi connectivity index (χ0v) is 9.19. The van der Waals surface area contributed by atoms with Crippen LogP contribution in [0, 0.1) is 0 Å². The number of hydrogen-bond donors (Lipinski definition) is 0. The van der Waals surface area contributed by atoms with Gasteiger partial charge in [-0.05, 0) is 24.3 Å². The minimum Gasteiger partial charge on any atom is -0.409 e. The molecule has 0 N–H and O–H groups in total. The van der Waals surface area contributed by atoms with Crippen LogP contribution in [0.5, 0.6) is 0 Å². The van der Waals surface area contributed by atoms with E-state index in [1.807, 2.05) is 0 Å². The molecule has 0 bridgehead atoms. The molecule has 0 saturated heterocycles. The number of halogens is 1. The first-order valence-corrected chi connectivity index (χ1v) is 4.93. The van der Waals surface area contributed by atoms with Gasteiger partial charge in [0.1, 0.15) is 5.76 Å². The SMILES string of the molecule is Cn1c(=O)cc(-c2ccc(Cl)cc2)oc1=O. The first-order valence-electron chi connectivity index (χ1n) is 4.55. The lowest BCUT2D eigenvalue weighted by atomic mass is 10.2. The summed E-state index contributed by atoms with van der Waals surface area (Å²) in [5.74, 6) is -0.442. The third kappa shape index (κ3) is 1.92. The van der Waals surface area contributed by atoms with Crippen LogP contribution in [0.3, 0.4) is 0 Å². The van der Waals surface area contributed by atoms with Gasteiger partial charge in [0.2, 0.25) is 0 Å². The van der Waals surface area contributed by atoms with Crippen molar-refractivity contribution in [2.75, 3.05) is 0 Å². The molecule has 16 heavy (non-hydrogen) atoms. The van der Waals surface area contributed by atoms with Crippen LogP contribution in [-0.4, -0.2) is 4.57 Å². The minimum atomic E-state index is -0.683. The van der Waals surface area contributed by atoms with E-state index in [1.165, 1.54) is 13.1 Å². The number of aromatic nitrogens is 1. The molecule has 1 aromatic carbocycles. The van der Waals surface area contributed by atoms with Gasteiger partial charge in [-0.3, -0.25) is 4.79 Å². The van der Waals surface area contributed by atoms with E-state index in [0.29, 0.717) is 10.6 Å². The average Bonchev–Trinajstić information content (AvgIpc) is 2.26. The first-order chi connectivity index (χ1) is 7.58. The summed E-state index contributed by atoms with van der Waals surface area (Å²) in [6, 6.07) is 7.95. The zero-order chi connectivity index (χ0) is 11.7. The first kappa shape index (κ1) is 10.7. The fourth-order valence-corrected chi connectivity index (χ4v) is 1.37. The molecule has 0 amide bonds. The van der Waals surface area contributed by atoms with Crippen molar-refractivity contribution in [2.45, 2.75) is 0 Å². The summed E-state index contributed by atoms with van der Waals surface area (Å²) in [7, 11) is 1.36. The Balaban J connectivity index is 2.62. The van der Waals surface area contributed by atoms with E-state index in [0.717, 1.165) is 4.57 Å². The smallest absolute Gasteiger partial charge is 0.409 e. The maximum atomic E-state index is 11.4. The topological polar surface area (TPSA) is 52.2 Å². The highest BCUT2D eigenvalue weighted by atomic mass is 35.5. The Hall–Kier alpha value is -1.81. The highest BCUT2D eigenvalue weighted by molar-refractivity contribution is 6.30. The van der Waals surface area contributed by atoms with E-state index in [2.05, 4.69) is 0 Å². The molecule has 0 fully saturated rings. The summed E-state index contributed by atoms with van der Waals surface area (Å²) in [6.07, 6.45) is 0. The van der Waals surface area contributed by atoms with Crippen molar-refractivity contribution in [2.24, 2.45) is 7.05 Å². The number of hydrogen-bond acceptors (Lipinski definition) is 3. The maximum absolute atomic E-state index is 11.4. The van der Waals surface area contributed by atoms with Crippen molar-refractivity contribution in [1.29, 1.82) is 0 Å². The Kier molecular flexibility index (Phi) is 2.66. The van der Waals surface area contributed by atoms with E-state index >= 15 is 0 Å². The van der Waals surface area contributed by atoms with E-state index in [1.54, 1.807) is 24.3 Å². The van der Waals surface area contributed by atoms with Crippen LogP contribution in [0.1, 0.15) is 0 Å². The summed E-state index contributed by atoms with van der Waals surface area (Å²) in [4.78, 5) is 22.6. The second-order valence-corrected chi connectivity index (χ2v) is 3.72. The standard InChI is InChI=1S/C11H8ClNO3/c1-13-10(14)6-9(16-11(13)15)7-2-4-8(12)5-3-7/h2-6H,1H3. The summed E-state index contributed by atoms with van der Waals surface area (Å²) >= 11 is 5.73. The van der Waals surface area contributed by atoms with Gasteiger partial charge >= 0.3 is 5.76 Å². The molecule has 5 heteroatoms. The van der Waals surface area contributed by atoms with Gasteiger partial charge in [0, 0.05) is 23.7 Å². The van der Waals surface area contributed by atoms with Crippen molar-refractivity contribution < 1.29 is 4.42 Å². The average molecular weight is 238 g/mol. The molecule has 1 aromatic heterocycles. The molecule has 2 aromatic rings. The summed E-state index contributed by atoms with van der Waals surface area (Å²) in [5.41, 5.74) is 0.236. The summed E-state index contributed by atoms with van der Waals surface area (Å²) in [6.45, 7) is 0. The highest BCUT2D eigenvalue weighted by Gasteiger charge is 2.05. The van der Waals surface area contributed by atoms with Gasteiger partial charge in [0.15, 0.2) is 0 Å². The lowest BCUT2D eigenvalue weighted by Gasteiger charge is -2.00. The Morgan fingerprint density at radius 2 is 1.81 bits per heavy atom. The number of benzene rings is 1. The second-order valence-electron chi connectivity index (χ2n) is 3.28. The third-order valence-corrected chi connectivity index (χ3v) is 2.44. The molecule has 0 atom stereocenters. The molecule has 1 heterocycles. The Labute approximate surface area is 95.7 Å². The lowest BCUT2D eigenvalue weighted by Crippen LogP contribution is -2.28. The van der Waals surface area contributed by atoms with Crippen LogP contribution in [-0.2, 0) is 7.05 Å². The van der Waals surface area contributed by atoms with Crippen molar-refractivity contribution >= 4 is 11.6 Å². The molecular formula is C11H8ClNO3. The molecule has 0 radical (unpaired) electrons. The quantitative estimate of drug-likeness (QED) is 0.758. The van der Waals surface area contributed by atoms with Gasteiger partial charge < -0.3 is 4.42 Å². The third-order valence-electron chi connectivity index (χ3n) is 2.19. The monoisotopic (exact) mass is 237 g/mol. The second kappa shape index (κ2) is 3.98. The summed E-state index contributed by atoms with van der Waals surface area (Å²) in [5, 5.41) is 0.579. The van der Waals surface area contributed by atoms with Crippen molar-refractivity contribution in [3.63, 3.8) is 0 Å². The largest absolute Gasteiger partial charge is 0.422 e. The van der Waals surface area contributed by atoms with Gasteiger partial charge in [-0.15, -0.1) is 0 Å². The minimum absolute atomic E-state index is 0.241. The molecule has 0 spiro atoms. The molecular weight excluding hydrogens is 230 g/mol. The molecule has 82 valence electrons. The molecule has 4 nitrogen and oxygen atoms in total.